The van der Waals surface area contributed by atoms with E-state index in [0.717, 1.165) is 22.0 Å². The van der Waals surface area contributed by atoms with Gasteiger partial charge in [0.1, 0.15) is 36.7 Å². The molecule has 1 atom stereocenters. The van der Waals surface area contributed by atoms with E-state index >= 15 is 0 Å². The summed E-state index contributed by atoms with van der Waals surface area (Å²) >= 11 is 1.51. The van der Waals surface area contributed by atoms with E-state index in [-0.39, 0.29) is 31.4 Å². The summed E-state index contributed by atoms with van der Waals surface area (Å²) in [6.07, 6.45) is -6.04. The van der Waals surface area contributed by atoms with Crippen LogP contribution < -0.4 is 25.5 Å². The van der Waals surface area contributed by atoms with Gasteiger partial charge in [-0.05, 0) is 80.4 Å². The summed E-state index contributed by atoms with van der Waals surface area (Å²) in [5.74, 6) is -3.93. The lowest BCUT2D eigenvalue weighted by atomic mass is 10.0. The molecule has 4 N–H and O–H groups in total. The maximum Gasteiger partial charge on any atom is 0.430 e. The number of carboxylic acid groups (broad SMARTS) is 1. The van der Waals surface area contributed by atoms with E-state index in [1.807, 2.05) is 28.3 Å². The number of ether oxygens (including phenoxy) is 1. The first kappa shape index (κ1) is 42.6. The molecule has 0 saturated heterocycles. The molecule has 3 aromatic carbocycles. The van der Waals surface area contributed by atoms with Crippen molar-refractivity contribution in [2.45, 2.75) is 64.8 Å². The number of aromatic nitrogens is 2. The fourth-order valence-electron chi connectivity index (χ4n) is 5.08. The number of aryl methyl sites for hydroxylation is 1. The number of aromatic hydroxyl groups is 1. The zero-order valence-corrected chi connectivity index (χ0v) is 30.6. The number of alkyl halides is 6. The van der Waals surface area contributed by atoms with Gasteiger partial charge in [0.2, 0.25) is 5.91 Å². The molecule has 5 aromatic rings. The zero-order chi connectivity index (χ0) is 41.4. The fraction of sp³-hybridized carbons (Fsp3) is 0.270. The van der Waals surface area contributed by atoms with Gasteiger partial charge >= 0.3 is 29.3 Å². The molecule has 0 aliphatic carbocycles. The largest absolute Gasteiger partial charge is 0.542 e. The molecule has 0 aliphatic rings. The third-order valence-corrected chi connectivity index (χ3v) is 8.72. The Morgan fingerprint density at radius 2 is 1.48 bits per heavy atom. The highest BCUT2D eigenvalue weighted by Crippen LogP contribution is 2.29. The Balaban J connectivity index is 0.000000908. The number of carboxylic acids is 1. The number of esters is 1. The van der Waals surface area contributed by atoms with Crippen molar-refractivity contribution in [3.63, 3.8) is 0 Å². The highest BCUT2D eigenvalue weighted by Gasteiger charge is 2.31. The van der Waals surface area contributed by atoms with Gasteiger partial charge in [-0.25, -0.2) is 14.2 Å². The number of nitrogens with one attached hydrogen (secondary N) is 3. The van der Waals surface area contributed by atoms with Crippen LogP contribution in [0, 0.1) is 6.92 Å². The zero-order valence-electron chi connectivity index (χ0n) is 29.8. The molecule has 0 bridgehead atoms. The van der Waals surface area contributed by atoms with Crippen molar-refractivity contribution in [1.82, 2.24) is 15.2 Å². The van der Waals surface area contributed by atoms with Crippen molar-refractivity contribution in [1.29, 1.82) is 0 Å². The number of anilines is 1. The van der Waals surface area contributed by atoms with Crippen LogP contribution in [0.5, 0.6) is 5.75 Å². The average Bonchev–Trinajstić information content (AvgIpc) is 3.63. The molecule has 2 aromatic heterocycles. The first-order chi connectivity index (χ1) is 26.2. The Hall–Kier alpha value is -6.11. The normalized spacial score (nSPS) is 12.0. The Morgan fingerprint density at radius 1 is 0.893 bits per heavy atom. The highest BCUT2D eigenvalue weighted by atomic mass is 32.1. The number of halogens is 6. The molecule has 5 rings (SSSR count). The van der Waals surface area contributed by atoms with Crippen LogP contribution in [0.3, 0.4) is 0 Å². The predicted molar refractivity (Wildman–Crippen MR) is 188 cm³/mol. The molecule has 56 heavy (non-hydrogen) atoms. The number of rotatable bonds is 11. The number of nitrogens with zero attached hydrogens (tertiary/aromatic N) is 2. The van der Waals surface area contributed by atoms with Gasteiger partial charge in [0.25, 0.3) is 0 Å². The van der Waals surface area contributed by atoms with Crippen LogP contribution >= 0.6 is 11.3 Å². The number of aliphatic carboxylic acids is 1. The molecular formula is C37H35F6N5O7S. The van der Waals surface area contributed by atoms with E-state index in [9.17, 15) is 45.8 Å². The monoisotopic (exact) mass is 807 g/mol. The Morgan fingerprint density at radius 3 is 2.04 bits per heavy atom. The summed E-state index contributed by atoms with van der Waals surface area (Å²) < 4.78 is 79.9. The average molecular weight is 808 g/mol. The second-order valence-electron chi connectivity index (χ2n) is 12.5. The van der Waals surface area contributed by atoms with Gasteiger partial charge in [-0.15, -0.1) is 0 Å². The minimum atomic E-state index is -5.19. The molecule has 0 spiro atoms. The van der Waals surface area contributed by atoms with E-state index < -0.39 is 47.8 Å². The van der Waals surface area contributed by atoms with Crippen molar-refractivity contribution in [2.24, 2.45) is 0 Å². The van der Waals surface area contributed by atoms with E-state index in [1.54, 1.807) is 38.1 Å². The Kier molecular flexibility index (Phi) is 13.7. The third-order valence-electron chi connectivity index (χ3n) is 7.68. The van der Waals surface area contributed by atoms with Crippen molar-refractivity contribution < 1.29 is 64.9 Å². The van der Waals surface area contributed by atoms with Crippen molar-refractivity contribution in [3.05, 3.63) is 118 Å². The number of fused-ring (bicyclic) bond motifs is 1. The summed E-state index contributed by atoms with van der Waals surface area (Å²) in [4.78, 5) is 49.5. The lowest BCUT2D eigenvalue weighted by molar-refractivity contribution is -0.506. The topological polar surface area (TPSA) is 166 Å². The fourth-order valence-corrected chi connectivity index (χ4v) is 6.04. The van der Waals surface area contributed by atoms with Crippen molar-refractivity contribution in [3.8, 4) is 5.75 Å². The van der Waals surface area contributed by atoms with E-state index in [2.05, 4.69) is 16.0 Å². The van der Waals surface area contributed by atoms with Gasteiger partial charge in [-0.3, -0.25) is 4.79 Å². The number of imidazole rings is 1. The minimum Gasteiger partial charge on any atom is -0.542 e. The van der Waals surface area contributed by atoms with Crippen LogP contribution in [-0.2, 0) is 40.0 Å². The van der Waals surface area contributed by atoms with Crippen LogP contribution in [0.1, 0.15) is 51.5 Å². The number of benzene rings is 3. The van der Waals surface area contributed by atoms with Crippen LogP contribution in [0.25, 0.3) is 4.96 Å². The number of carbonyl (C=O) groups is 4. The molecule has 0 fully saturated rings. The molecule has 0 saturated carbocycles. The van der Waals surface area contributed by atoms with Crippen LogP contribution in [0.2, 0.25) is 0 Å². The van der Waals surface area contributed by atoms with E-state index in [1.165, 1.54) is 47.7 Å². The first-order valence-corrected chi connectivity index (χ1v) is 17.4. The quantitative estimate of drug-likeness (QED) is 0.0801. The van der Waals surface area contributed by atoms with Crippen molar-refractivity contribution in [2.75, 3.05) is 5.32 Å². The second-order valence-corrected chi connectivity index (χ2v) is 13.7. The Labute approximate surface area is 319 Å². The standard InChI is InChI=1S/C35H34F3N5O5S.C2HF3O2/c1-21(2)48-32(46)25-8-12-27(13-9-25)40-33(47)41-30(16-23-6-14-29(44)15-7-23)31(45)39-17-28-20-42-18-22(3)49-34(42)43(28)19-24-4-10-26(11-5-24)35(36,37)38;3-2(4,5)1(6)7/h4-15,18,20-21,30H,16-17,19H2,1-3H3,(H3-,39,40,41,44,45,46,47);(H,6,7)/t30-;/m0./s1. The van der Waals surface area contributed by atoms with Gasteiger partial charge in [0.05, 0.1) is 23.8 Å². The number of phenols is 1. The van der Waals surface area contributed by atoms with Crippen LogP contribution in [0.15, 0.2) is 85.2 Å². The summed E-state index contributed by atoms with van der Waals surface area (Å²) in [6, 6.07) is 15.7. The molecule has 12 nitrogen and oxygen atoms in total. The van der Waals surface area contributed by atoms with Gasteiger partial charge in [0.15, 0.2) is 5.69 Å². The summed E-state index contributed by atoms with van der Waals surface area (Å²) in [6.45, 7) is 5.77. The molecule has 19 heteroatoms. The lowest BCUT2D eigenvalue weighted by Gasteiger charge is -2.19. The second kappa shape index (κ2) is 18.0. The number of thiazole rings is 1. The highest BCUT2D eigenvalue weighted by molar-refractivity contribution is 7.16. The van der Waals surface area contributed by atoms with Gasteiger partial charge in [-0.2, -0.15) is 30.7 Å². The smallest absolute Gasteiger partial charge is 0.430 e. The van der Waals surface area contributed by atoms with Gasteiger partial charge < -0.3 is 35.7 Å². The molecule has 3 amide bonds. The molecule has 0 aliphatic heterocycles. The molecule has 298 valence electrons. The first-order valence-electron chi connectivity index (χ1n) is 16.6. The molecule has 2 heterocycles. The van der Waals surface area contributed by atoms with Crippen LogP contribution in [-0.4, -0.2) is 51.9 Å². The van der Waals surface area contributed by atoms with Gasteiger partial charge in [-0.1, -0.05) is 35.6 Å². The number of hydrogen-bond donors (Lipinski definition) is 4. The number of phenolic OH excluding ortho intramolecular Hbond substituents is 1. The maximum atomic E-state index is 13.6. The third kappa shape index (κ3) is 12.2. The van der Waals surface area contributed by atoms with E-state index in [4.69, 9.17) is 14.6 Å². The van der Waals surface area contributed by atoms with E-state index in [0.29, 0.717) is 28.1 Å². The predicted octanol–water partition coefficient (Wildman–Crippen LogP) is 5.28. The Bertz CT molecular complexity index is 2150. The molecule has 0 unspecified atom stereocenters. The van der Waals surface area contributed by atoms with Gasteiger partial charge in [0, 0.05) is 17.0 Å². The lowest BCUT2D eigenvalue weighted by Crippen LogP contribution is -2.49. The summed E-state index contributed by atoms with van der Waals surface area (Å²) in [5, 5.41) is 26.8. The summed E-state index contributed by atoms with van der Waals surface area (Å²) in [7, 11) is 0. The number of hydrogen-bond acceptors (Lipinski definition) is 8. The molecule has 0 radical (unpaired) electrons. The van der Waals surface area contributed by atoms with Crippen LogP contribution in [0.4, 0.5) is 36.8 Å². The van der Waals surface area contributed by atoms with Crippen molar-refractivity contribution >= 4 is 45.9 Å². The molecular weight excluding hydrogens is 772 g/mol. The minimum absolute atomic E-state index is 0.0534. The maximum absolute atomic E-state index is 13.6. The summed E-state index contributed by atoms with van der Waals surface area (Å²) in [5.41, 5.74) is 2.00. The number of urea groups is 1. The SMILES string of the molecule is Cc1c[n+]2cc(CNC(=O)[C@H](Cc3ccc(O)cc3)NC(=O)Nc3ccc(C(=O)OC(C)C)cc3)n(Cc3ccc(C(F)(F)F)cc3)c2s1.O=C([O-])C(F)(F)F. The number of carbonyl (C=O) groups excluding carboxylic acids is 4. The number of amides is 3.